The van der Waals surface area contributed by atoms with Gasteiger partial charge in [-0.3, -0.25) is 5.04 Å². The van der Waals surface area contributed by atoms with E-state index in [0.717, 1.165) is 47.5 Å². The smallest absolute Gasteiger partial charge is 0.344 e. The second-order valence-corrected chi connectivity index (χ2v) is 6.78. The summed E-state index contributed by atoms with van der Waals surface area (Å²) in [5.74, 6) is 1.53. The summed E-state index contributed by atoms with van der Waals surface area (Å²) >= 11 is 1.01. The topological polar surface area (TPSA) is 63.5 Å². The number of hydrogen-bond donors (Lipinski definition) is 0. The average molecular weight is 358 g/mol. The molecular formula is C18H18N2O4S. The van der Waals surface area contributed by atoms with Gasteiger partial charge in [0.05, 0.1) is 12.4 Å². The molecule has 25 heavy (non-hydrogen) atoms. The number of aromatic nitrogens is 2. The van der Waals surface area contributed by atoms with E-state index in [-0.39, 0.29) is 0 Å². The van der Waals surface area contributed by atoms with Gasteiger partial charge in [0.2, 0.25) is 5.58 Å². The Bertz CT molecular complexity index is 1050. The Morgan fingerprint density at radius 1 is 1.20 bits per heavy atom. The van der Waals surface area contributed by atoms with Crippen molar-refractivity contribution in [3.8, 4) is 0 Å². The van der Waals surface area contributed by atoms with Gasteiger partial charge in [-0.1, -0.05) is 18.2 Å². The van der Waals surface area contributed by atoms with Crippen molar-refractivity contribution >= 4 is 44.9 Å². The summed E-state index contributed by atoms with van der Waals surface area (Å²) in [6.45, 7) is 2.75. The number of nitrogens with zero attached hydrogens (tertiary/aromatic N) is 2. The van der Waals surface area contributed by atoms with Crippen molar-refractivity contribution in [2.75, 3.05) is 5.75 Å². The number of oxazole rings is 1. The molecule has 0 saturated carbocycles. The van der Waals surface area contributed by atoms with Crippen LogP contribution in [0.4, 0.5) is 0 Å². The van der Waals surface area contributed by atoms with E-state index in [4.69, 9.17) is 4.42 Å². The third kappa shape index (κ3) is 2.79. The van der Waals surface area contributed by atoms with Crippen molar-refractivity contribution in [2.24, 2.45) is 7.05 Å². The molecule has 0 saturated heterocycles. The van der Waals surface area contributed by atoms with E-state index in [1.165, 1.54) is 16.3 Å². The molecule has 7 heteroatoms. The first kappa shape index (κ1) is 16.4. The highest BCUT2D eigenvalue weighted by Gasteiger charge is 2.21. The summed E-state index contributed by atoms with van der Waals surface area (Å²) in [5, 5.41) is 15.6. The van der Waals surface area contributed by atoms with Gasteiger partial charge in [0.15, 0.2) is 6.54 Å². The summed E-state index contributed by atoms with van der Waals surface area (Å²) in [4.78, 5) is 0. The highest BCUT2D eigenvalue weighted by molar-refractivity contribution is 7.94. The molecular weight excluding hydrogens is 340 g/mol. The lowest BCUT2D eigenvalue weighted by Gasteiger charge is -2.02. The Morgan fingerprint density at radius 2 is 2.04 bits per heavy atom. The molecule has 0 aliphatic carbocycles. The number of benzene rings is 2. The lowest BCUT2D eigenvalue weighted by molar-refractivity contribution is -0.777. The first-order chi connectivity index (χ1) is 12.2. The Hall–Kier alpha value is -2.06. The Kier molecular flexibility index (Phi) is 4.39. The van der Waals surface area contributed by atoms with Crippen molar-refractivity contribution in [3.63, 3.8) is 0 Å². The largest absolute Gasteiger partial charge is 0.691 e. The first-order valence-electron chi connectivity index (χ1n) is 8.09. The minimum Gasteiger partial charge on any atom is -0.691 e. The van der Waals surface area contributed by atoms with E-state index in [1.807, 2.05) is 6.92 Å². The summed E-state index contributed by atoms with van der Waals surface area (Å²) < 4.78 is 14.6. The van der Waals surface area contributed by atoms with E-state index in [0.29, 0.717) is 5.75 Å². The summed E-state index contributed by atoms with van der Waals surface area (Å²) in [7, 11) is 2.08. The van der Waals surface area contributed by atoms with Crippen LogP contribution in [0.1, 0.15) is 12.3 Å². The summed E-state index contributed by atoms with van der Waals surface area (Å²) in [6, 6.07) is 12.7. The fourth-order valence-corrected chi connectivity index (χ4v) is 3.82. The SMILES string of the molecule is Cc1oc2cc3c(cc2[n+]1CCCSOO[O-])c1ccccc1n3C. The predicted molar refractivity (Wildman–Crippen MR) is 94.4 cm³/mol. The van der Waals surface area contributed by atoms with Crippen LogP contribution in [0.5, 0.6) is 0 Å². The van der Waals surface area contributed by atoms with E-state index in [9.17, 15) is 5.26 Å². The van der Waals surface area contributed by atoms with Crippen molar-refractivity contribution in [2.45, 2.75) is 19.9 Å². The molecule has 4 aromatic rings. The summed E-state index contributed by atoms with van der Waals surface area (Å²) in [6.07, 6.45) is 0.835. The van der Waals surface area contributed by atoms with Gasteiger partial charge in [-0.05, 0) is 6.07 Å². The quantitative estimate of drug-likeness (QED) is 0.174. The Morgan fingerprint density at radius 3 is 2.88 bits per heavy atom. The zero-order valence-corrected chi connectivity index (χ0v) is 14.8. The zero-order valence-electron chi connectivity index (χ0n) is 14.0. The number of rotatable bonds is 6. The highest BCUT2D eigenvalue weighted by atomic mass is 32.2. The van der Waals surface area contributed by atoms with Crippen LogP contribution in [0.2, 0.25) is 0 Å². The van der Waals surface area contributed by atoms with Gasteiger partial charge >= 0.3 is 5.89 Å². The molecule has 4 rings (SSSR count). The molecule has 0 spiro atoms. The molecule has 0 radical (unpaired) electrons. The molecule has 0 amide bonds. The number of fused-ring (bicyclic) bond motifs is 4. The maximum atomic E-state index is 9.82. The molecule has 0 N–H and O–H groups in total. The second-order valence-electron chi connectivity index (χ2n) is 6.00. The maximum absolute atomic E-state index is 9.82. The van der Waals surface area contributed by atoms with E-state index in [1.54, 1.807) is 0 Å². The van der Waals surface area contributed by atoms with Gasteiger partial charge < -0.3 is 14.2 Å². The van der Waals surface area contributed by atoms with Gasteiger partial charge in [-0.2, -0.15) is 8.90 Å². The monoisotopic (exact) mass is 358 g/mol. The molecule has 6 nitrogen and oxygen atoms in total. The van der Waals surface area contributed by atoms with Crippen LogP contribution in [0.25, 0.3) is 32.9 Å². The Labute approximate surface area is 148 Å². The molecule has 0 aliphatic rings. The van der Waals surface area contributed by atoms with Crippen LogP contribution in [0, 0.1) is 6.92 Å². The van der Waals surface area contributed by atoms with Gasteiger partial charge in [0.1, 0.15) is 0 Å². The van der Waals surface area contributed by atoms with Crippen LogP contribution in [0.15, 0.2) is 40.8 Å². The lowest BCUT2D eigenvalue weighted by atomic mass is 10.1. The molecule has 0 unspecified atom stereocenters. The number of para-hydroxylation sites is 1. The molecule has 0 fully saturated rings. The second kappa shape index (κ2) is 6.68. The van der Waals surface area contributed by atoms with Crippen LogP contribution >= 0.6 is 12.0 Å². The molecule has 2 aromatic carbocycles. The van der Waals surface area contributed by atoms with E-state index in [2.05, 4.69) is 62.0 Å². The zero-order chi connectivity index (χ0) is 17.4. The minimum atomic E-state index is 0.665. The van der Waals surface area contributed by atoms with Gasteiger partial charge in [-0.25, -0.2) is 0 Å². The predicted octanol–water partition coefficient (Wildman–Crippen LogP) is 2.94. The fraction of sp³-hybridized carbons (Fsp3) is 0.278. The van der Waals surface area contributed by atoms with Crippen molar-refractivity contribution in [1.29, 1.82) is 0 Å². The highest BCUT2D eigenvalue weighted by Crippen LogP contribution is 2.31. The maximum Gasteiger partial charge on any atom is 0.344 e. The number of hydrogen-bond acceptors (Lipinski definition) is 5. The van der Waals surface area contributed by atoms with Crippen LogP contribution < -0.4 is 9.82 Å². The van der Waals surface area contributed by atoms with Crippen LogP contribution in [-0.4, -0.2) is 10.3 Å². The standard InChI is InChI=1S/C18H18N2O4S/c1-12-20(8-5-9-25-24-23-21)17-10-14-13-6-3-4-7-15(13)19(2)16(14)11-18(17)22-12/h3-4,6-7,10-11H,5,8-9H2,1-2H3. The van der Waals surface area contributed by atoms with Crippen LogP contribution in [0.3, 0.4) is 0 Å². The third-order valence-corrected chi connectivity index (χ3v) is 5.22. The molecule has 0 bridgehead atoms. The molecule has 0 atom stereocenters. The third-order valence-electron chi connectivity index (χ3n) is 4.61. The van der Waals surface area contributed by atoms with Gasteiger partial charge in [-0.15, -0.1) is 0 Å². The van der Waals surface area contributed by atoms with Crippen molar-refractivity contribution < 1.29 is 23.6 Å². The molecule has 130 valence electrons. The van der Waals surface area contributed by atoms with Crippen LogP contribution in [-0.2, 0) is 23.0 Å². The Balaban J connectivity index is 1.78. The normalized spacial score (nSPS) is 12.0. The minimum absolute atomic E-state index is 0.665. The van der Waals surface area contributed by atoms with Gasteiger partial charge in [0, 0.05) is 59.7 Å². The van der Waals surface area contributed by atoms with Crippen molar-refractivity contribution in [3.05, 3.63) is 42.3 Å². The molecule has 0 aliphatic heterocycles. The summed E-state index contributed by atoms with van der Waals surface area (Å²) in [5.41, 5.74) is 4.32. The molecule has 2 heterocycles. The van der Waals surface area contributed by atoms with E-state index >= 15 is 0 Å². The van der Waals surface area contributed by atoms with Crippen molar-refractivity contribution in [1.82, 2.24) is 4.57 Å². The molecule has 2 aromatic heterocycles. The van der Waals surface area contributed by atoms with E-state index < -0.39 is 0 Å². The van der Waals surface area contributed by atoms with Gasteiger partial charge in [0.25, 0.3) is 5.52 Å². The fourth-order valence-electron chi connectivity index (χ4n) is 3.46. The lowest BCUT2D eigenvalue weighted by Crippen LogP contribution is -2.35. The average Bonchev–Trinajstić information content (AvgIpc) is 3.08. The first-order valence-corrected chi connectivity index (χ1v) is 9.00. The number of aryl methyl sites for hydroxylation is 3.